The molecule has 2 fully saturated rings. The van der Waals surface area contributed by atoms with Gasteiger partial charge in [0.2, 0.25) is 0 Å². The fourth-order valence-electron chi connectivity index (χ4n) is 2.66. The lowest BCUT2D eigenvalue weighted by Crippen LogP contribution is -2.45. The highest BCUT2D eigenvalue weighted by atomic mass is 15.3. The summed E-state index contributed by atoms with van der Waals surface area (Å²) in [6.45, 7) is 9.54. The zero-order valence-electron chi connectivity index (χ0n) is 9.59. The van der Waals surface area contributed by atoms with Crippen LogP contribution < -0.4 is 0 Å². The minimum Gasteiger partial charge on any atom is -0.302 e. The largest absolute Gasteiger partial charge is 0.302 e. The quantitative estimate of drug-likeness (QED) is 0.605. The molecule has 2 heteroatoms. The first-order valence-electron chi connectivity index (χ1n) is 5.29. The monoisotopic (exact) mass is 182 g/mol. The normalized spacial score (nSPS) is 39.7. The molecule has 0 bridgehead atoms. The Morgan fingerprint density at radius 1 is 1.31 bits per heavy atom. The van der Waals surface area contributed by atoms with E-state index in [0.29, 0.717) is 11.1 Å². The van der Waals surface area contributed by atoms with Crippen molar-refractivity contribution in [2.45, 2.75) is 38.3 Å². The summed E-state index contributed by atoms with van der Waals surface area (Å²) in [5, 5.41) is 0. The van der Waals surface area contributed by atoms with Crippen molar-refractivity contribution < 1.29 is 0 Å². The van der Waals surface area contributed by atoms with E-state index in [2.05, 4.69) is 44.7 Å². The molecule has 1 saturated heterocycles. The van der Waals surface area contributed by atoms with Crippen molar-refractivity contribution in [2.24, 2.45) is 5.92 Å². The number of fused-ring (bicyclic) bond motifs is 1. The predicted octanol–water partition coefficient (Wildman–Crippen LogP) is 1.42. The van der Waals surface area contributed by atoms with Gasteiger partial charge in [-0.1, -0.05) is 0 Å². The summed E-state index contributed by atoms with van der Waals surface area (Å²) in [6.07, 6.45) is 1.42. The summed E-state index contributed by atoms with van der Waals surface area (Å²) >= 11 is 0. The summed E-state index contributed by atoms with van der Waals surface area (Å²) in [6, 6.07) is 0. The standard InChI is InChI=1S/C11H22N2/c1-10(2,3)13-7-9-6-11(9,8-13)12(4)5/h9H,6-8H2,1-5H3. The van der Waals surface area contributed by atoms with Crippen molar-refractivity contribution in [3.8, 4) is 0 Å². The average molecular weight is 182 g/mol. The minimum absolute atomic E-state index is 0.358. The zero-order chi connectivity index (χ0) is 9.85. The molecule has 2 rings (SSSR count). The van der Waals surface area contributed by atoms with Crippen LogP contribution in [0.5, 0.6) is 0 Å². The van der Waals surface area contributed by atoms with Crippen LogP contribution in [0, 0.1) is 5.92 Å². The molecule has 0 aromatic heterocycles. The van der Waals surface area contributed by atoms with Gasteiger partial charge in [-0.3, -0.25) is 4.90 Å². The molecule has 76 valence electrons. The van der Waals surface area contributed by atoms with Crippen LogP contribution in [0.15, 0.2) is 0 Å². The Hall–Kier alpha value is -0.0800. The minimum atomic E-state index is 0.358. The SMILES string of the molecule is CN(C)C12CC1CN(C(C)(C)C)C2. The molecule has 0 radical (unpaired) electrons. The van der Waals surface area contributed by atoms with Gasteiger partial charge in [-0.15, -0.1) is 0 Å². The molecule has 0 spiro atoms. The third kappa shape index (κ3) is 1.31. The second-order valence-electron chi connectivity index (χ2n) is 5.95. The van der Waals surface area contributed by atoms with Crippen molar-refractivity contribution in [2.75, 3.05) is 27.2 Å². The topological polar surface area (TPSA) is 6.48 Å². The summed E-state index contributed by atoms with van der Waals surface area (Å²) in [4.78, 5) is 5.06. The Labute approximate surface area is 81.9 Å². The van der Waals surface area contributed by atoms with Crippen LogP contribution in [0.4, 0.5) is 0 Å². The maximum Gasteiger partial charge on any atom is 0.0375 e. The number of likely N-dealkylation sites (N-methyl/N-ethyl adjacent to an activating group) is 1. The summed E-state index contributed by atoms with van der Waals surface area (Å²) in [5.41, 5.74) is 0.906. The first-order valence-corrected chi connectivity index (χ1v) is 5.29. The summed E-state index contributed by atoms with van der Waals surface area (Å²) in [7, 11) is 4.46. The molecule has 0 aromatic carbocycles. The molecule has 1 aliphatic heterocycles. The highest BCUT2D eigenvalue weighted by molar-refractivity contribution is 5.18. The van der Waals surface area contributed by atoms with Gasteiger partial charge in [-0.2, -0.15) is 0 Å². The van der Waals surface area contributed by atoms with Gasteiger partial charge in [0.15, 0.2) is 0 Å². The molecule has 0 N–H and O–H groups in total. The molecular formula is C11H22N2. The molecule has 1 heterocycles. The number of likely N-dealkylation sites (tertiary alicyclic amines) is 1. The lowest BCUT2D eigenvalue weighted by molar-refractivity contribution is 0.130. The van der Waals surface area contributed by atoms with E-state index < -0.39 is 0 Å². The van der Waals surface area contributed by atoms with E-state index in [1.807, 2.05) is 0 Å². The van der Waals surface area contributed by atoms with E-state index >= 15 is 0 Å². The van der Waals surface area contributed by atoms with Crippen LogP contribution >= 0.6 is 0 Å². The van der Waals surface area contributed by atoms with Crippen LogP contribution in [0.3, 0.4) is 0 Å². The average Bonchev–Trinajstić information content (AvgIpc) is 2.53. The van der Waals surface area contributed by atoms with E-state index in [4.69, 9.17) is 0 Å². The lowest BCUT2D eigenvalue weighted by atomic mass is 10.1. The fraction of sp³-hybridized carbons (Fsp3) is 1.00. The number of piperidine rings is 1. The van der Waals surface area contributed by atoms with Crippen molar-refractivity contribution in [1.29, 1.82) is 0 Å². The number of hydrogen-bond acceptors (Lipinski definition) is 2. The van der Waals surface area contributed by atoms with Gasteiger partial charge in [0.25, 0.3) is 0 Å². The molecule has 1 aliphatic carbocycles. The van der Waals surface area contributed by atoms with E-state index in [1.165, 1.54) is 19.5 Å². The van der Waals surface area contributed by atoms with E-state index in [9.17, 15) is 0 Å². The van der Waals surface area contributed by atoms with Gasteiger partial charge < -0.3 is 4.90 Å². The van der Waals surface area contributed by atoms with Gasteiger partial charge >= 0.3 is 0 Å². The Kier molecular flexibility index (Phi) is 1.81. The molecule has 13 heavy (non-hydrogen) atoms. The van der Waals surface area contributed by atoms with Gasteiger partial charge in [-0.05, 0) is 47.2 Å². The van der Waals surface area contributed by atoms with E-state index in [0.717, 1.165) is 5.92 Å². The van der Waals surface area contributed by atoms with E-state index in [-0.39, 0.29) is 0 Å². The van der Waals surface area contributed by atoms with Crippen LogP contribution in [-0.4, -0.2) is 48.1 Å². The maximum absolute atomic E-state index is 2.63. The third-order valence-corrected chi connectivity index (χ3v) is 3.94. The van der Waals surface area contributed by atoms with Crippen LogP contribution in [0.25, 0.3) is 0 Å². The van der Waals surface area contributed by atoms with Gasteiger partial charge in [0.05, 0.1) is 0 Å². The fourth-order valence-corrected chi connectivity index (χ4v) is 2.66. The summed E-state index contributed by atoms with van der Waals surface area (Å²) in [5.74, 6) is 0.946. The van der Waals surface area contributed by atoms with Gasteiger partial charge in [0, 0.05) is 24.2 Å². The zero-order valence-corrected chi connectivity index (χ0v) is 9.59. The molecular weight excluding hydrogens is 160 g/mol. The summed E-state index contributed by atoms with van der Waals surface area (Å²) < 4.78 is 0. The van der Waals surface area contributed by atoms with Gasteiger partial charge in [0.1, 0.15) is 0 Å². The van der Waals surface area contributed by atoms with Crippen LogP contribution in [0.1, 0.15) is 27.2 Å². The van der Waals surface area contributed by atoms with Crippen molar-refractivity contribution in [3.05, 3.63) is 0 Å². The molecule has 2 unspecified atom stereocenters. The number of hydrogen-bond donors (Lipinski definition) is 0. The van der Waals surface area contributed by atoms with Gasteiger partial charge in [-0.25, -0.2) is 0 Å². The van der Waals surface area contributed by atoms with E-state index in [1.54, 1.807) is 0 Å². The van der Waals surface area contributed by atoms with Crippen molar-refractivity contribution >= 4 is 0 Å². The molecule has 2 aliphatic rings. The number of rotatable bonds is 1. The molecule has 1 saturated carbocycles. The van der Waals surface area contributed by atoms with Crippen molar-refractivity contribution in [1.82, 2.24) is 9.80 Å². The Bertz CT molecular complexity index is 217. The Morgan fingerprint density at radius 3 is 2.23 bits per heavy atom. The molecule has 2 atom stereocenters. The second kappa shape index (κ2) is 2.48. The van der Waals surface area contributed by atoms with Crippen LogP contribution in [-0.2, 0) is 0 Å². The predicted molar refractivity (Wildman–Crippen MR) is 55.9 cm³/mol. The Morgan fingerprint density at radius 2 is 1.92 bits per heavy atom. The highest BCUT2D eigenvalue weighted by Gasteiger charge is 2.62. The second-order valence-corrected chi connectivity index (χ2v) is 5.95. The lowest BCUT2D eigenvalue weighted by Gasteiger charge is -2.35. The first-order chi connectivity index (χ1) is 5.86. The smallest absolute Gasteiger partial charge is 0.0375 e. The Balaban J connectivity index is 2.05. The maximum atomic E-state index is 2.63. The molecule has 2 nitrogen and oxygen atoms in total. The first kappa shape index (κ1) is 9.47. The number of nitrogens with zero attached hydrogens (tertiary/aromatic N) is 2. The molecule has 0 amide bonds. The van der Waals surface area contributed by atoms with Crippen molar-refractivity contribution in [3.63, 3.8) is 0 Å². The third-order valence-electron chi connectivity index (χ3n) is 3.94. The highest BCUT2D eigenvalue weighted by Crippen LogP contribution is 2.54. The van der Waals surface area contributed by atoms with Crippen LogP contribution in [0.2, 0.25) is 0 Å². The molecule has 0 aromatic rings.